The number of hydrogen-bond donors (Lipinski definition) is 0. The first-order valence-corrected chi connectivity index (χ1v) is 5.93. The average molecular weight is 184 g/mol. The topological polar surface area (TPSA) is 0 Å². The fourth-order valence-corrected chi connectivity index (χ4v) is 1.96. The quantitative estimate of drug-likeness (QED) is 0.551. The van der Waals surface area contributed by atoms with Crippen molar-refractivity contribution in [2.24, 2.45) is 17.3 Å². The second-order valence-corrected chi connectivity index (χ2v) is 5.47. The summed E-state index contributed by atoms with van der Waals surface area (Å²) in [5.41, 5.74) is 0.543. The zero-order valence-corrected chi connectivity index (χ0v) is 10.5. The lowest BCUT2D eigenvalue weighted by atomic mass is 9.76. The van der Waals surface area contributed by atoms with Gasteiger partial charge < -0.3 is 0 Å². The summed E-state index contributed by atoms with van der Waals surface area (Å²) >= 11 is 0. The van der Waals surface area contributed by atoms with Crippen molar-refractivity contribution in [2.75, 3.05) is 0 Å². The van der Waals surface area contributed by atoms with Crippen LogP contribution in [0.15, 0.2) is 0 Å². The Morgan fingerprint density at radius 2 is 1.54 bits per heavy atom. The van der Waals surface area contributed by atoms with Gasteiger partial charge in [0, 0.05) is 0 Å². The van der Waals surface area contributed by atoms with Crippen molar-refractivity contribution < 1.29 is 0 Å². The summed E-state index contributed by atoms with van der Waals surface area (Å²) in [5.74, 6) is 1.78. The predicted octanol–water partition coefficient (Wildman–Crippen LogP) is 4.89. The highest BCUT2D eigenvalue weighted by Gasteiger charge is 2.21. The molecule has 0 aliphatic rings. The molecule has 0 aromatic heterocycles. The molecule has 0 radical (unpaired) electrons. The first-order valence-electron chi connectivity index (χ1n) is 5.93. The van der Waals surface area contributed by atoms with Crippen LogP contribution >= 0.6 is 0 Å². The highest BCUT2D eigenvalue weighted by molar-refractivity contribution is 4.72. The Hall–Kier alpha value is 0. The van der Waals surface area contributed by atoms with E-state index in [4.69, 9.17) is 0 Å². The second-order valence-electron chi connectivity index (χ2n) is 5.47. The van der Waals surface area contributed by atoms with Gasteiger partial charge in [-0.1, -0.05) is 60.8 Å². The average Bonchev–Trinajstić information content (AvgIpc) is 2.04. The molecule has 0 bridgehead atoms. The van der Waals surface area contributed by atoms with E-state index in [1.165, 1.54) is 25.7 Å². The molecule has 0 aromatic rings. The van der Waals surface area contributed by atoms with Gasteiger partial charge in [-0.25, -0.2) is 0 Å². The van der Waals surface area contributed by atoms with Crippen LogP contribution in [0.2, 0.25) is 0 Å². The van der Waals surface area contributed by atoms with Gasteiger partial charge in [-0.2, -0.15) is 0 Å². The minimum atomic E-state index is 0.543. The van der Waals surface area contributed by atoms with Gasteiger partial charge in [-0.3, -0.25) is 0 Å². The Morgan fingerprint density at radius 3 is 1.92 bits per heavy atom. The van der Waals surface area contributed by atoms with Crippen molar-refractivity contribution >= 4 is 0 Å². The van der Waals surface area contributed by atoms with Crippen molar-refractivity contribution in [3.63, 3.8) is 0 Å². The van der Waals surface area contributed by atoms with E-state index in [1.54, 1.807) is 0 Å². The largest absolute Gasteiger partial charge is 0.0654 e. The molecular formula is C13H28. The molecule has 0 saturated heterocycles. The highest BCUT2D eigenvalue weighted by atomic mass is 14.3. The summed E-state index contributed by atoms with van der Waals surface area (Å²) in [4.78, 5) is 0. The minimum Gasteiger partial charge on any atom is -0.0654 e. The van der Waals surface area contributed by atoms with Gasteiger partial charge >= 0.3 is 0 Å². The minimum absolute atomic E-state index is 0.543. The summed E-state index contributed by atoms with van der Waals surface area (Å²) in [6.07, 6.45) is 5.40. The summed E-state index contributed by atoms with van der Waals surface area (Å²) in [7, 11) is 0. The normalized spacial score (nSPS) is 17.1. The first-order chi connectivity index (χ1) is 5.93. The molecule has 0 aliphatic heterocycles. The van der Waals surface area contributed by atoms with E-state index in [2.05, 4.69) is 41.5 Å². The van der Waals surface area contributed by atoms with Gasteiger partial charge in [-0.15, -0.1) is 0 Å². The molecule has 2 unspecified atom stereocenters. The molecule has 80 valence electrons. The predicted molar refractivity (Wildman–Crippen MR) is 61.9 cm³/mol. The van der Waals surface area contributed by atoms with E-state index in [0.717, 1.165) is 11.8 Å². The molecule has 0 heteroatoms. The van der Waals surface area contributed by atoms with Gasteiger partial charge in [-0.05, 0) is 23.7 Å². The molecule has 0 aliphatic carbocycles. The van der Waals surface area contributed by atoms with E-state index in [-0.39, 0.29) is 0 Å². The lowest BCUT2D eigenvalue weighted by Gasteiger charge is -2.29. The standard InChI is InChI=1S/C13H28/c1-7-9-11(3)12(4)10-13(5,6)8-2/h11-12H,7-10H2,1-6H3. The Bertz CT molecular complexity index is 124. The van der Waals surface area contributed by atoms with Crippen LogP contribution in [0.3, 0.4) is 0 Å². The second kappa shape index (κ2) is 5.67. The van der Waals surface area contributed by atoms with Crippen molar-refractivity contribution in [3.05, 3.63) is 0 Å². The van der Waals surface area contributed by atoms with Gasteiger partial charge in [0.1, 0.15) is 0 Å². The molecule has 0 fully saturated rings. The lowest BCUT2D eigenvalue weighted by molar-refractivity contribution is 0.216. The SMILES string of the molecule is CCCC(C)C(C)CC(C)(C)CC. The van der Waals surface area contributed by atoms with E-state index >= 15 is 0 Å². The molecule has 0 N–H and O–H groups in total. The summed E-state index contributed by atoms with van der Waals surface area (Å²) in [6, 6.07) is 0. The van der Waals surface area contributed by atoms with Crippen molar-refractivity contribution in [1.29, 1.82) is 0 Å². The third-order valence-corrected chi connectivity index (χ3v) is 3.55. The zero-order chi connectivity index (χ0) is 10.5. The monoisotopic (exact) mass is 184 g/mol. The summed E-state index contributed by atoms with van der Waals surface area (Å²) < 4.78 is 0. The van der Waals surface area contributed by atoms with E-state index in [9.17, 15) is 0 Å². The van der Waals surface area contributed by atoms with Crippen LogP contribution in [0.5, 0.6) is 0 Å². The molecule has 0 aromatic carbocycles. The van der Waals surface area contributed by atoms with E-state index in [0.29, 0.717) is 5.41 Å². The van der Waals surface area contributed by atoms with Gasteiger partial charge in [0.15, 0.2) is 0 Å². The van der Waals surface area contributed by atoms with Crippen LogP contribution in [0.4, 0.5) is 0 Å². The number of rotatable bonds is 6. The Balaban J connectivity index is 3.91. The van der Waals surface area contributed by atoms with Crippen LogP contribution in [0, 0.1) is 17.3 Å². The highest BCUT2D eigenvalue weighted by Crippen LogP contribution is 2.33. The molecule has 0 amide bonds. The maximum Gasteiger partial charge on any atom is -0.0354 e. The van der Waals surface area contributed by atoms with Crippen LogP contribution in [-0.4, -0.2) is 0 Å². The molecule has 2 atom stereocenters. The van der Waals surface area contributed by atoms with Crippen LogP contribution in [-0.2, 0) is 0 Å². The smallest absolute Gasteiger partial charge is 0.0354 e. The molecule has 0 heterocycles. The third-order valence-electron chi connectivity index (χ3n) is 3.55. The maximum absolute atomic E-state index is 2.41. The fourth-order valence-electron chi connectivity index (χ4n) is 1.96. The Morgan fingerprint density at radius 1 is 1.00 bits per heavy atom. The summed E-state index contributed by atoms with van der Waals surface area (Å²) in [6.45, 7) is 14.2. The van der Waals surface area contributed by atoms with Crippen molar-refractivity contribution in [3.8, 4) is 0 Å². The van der Waals surface area contributed by atoms with Gasteiger partial charge in [0.05, 0.1) is 0 Å². The molecular weight excluding hydrogens is 156 g/mol. The summed E-state index contributed by atoms with van der Waals surface area (Å²) in [5, 5.41) is 0. The lowest BCUT2D eigenvalue weighted by Crippen LogP contribution is -2.18. The maximum atomic E-state index is 2.41. The fraction of sp³-hybridized carbons (Fsp3) is 1.00. The van der Waals surface area contributed by atoms with Crippen LogP contribution in [0.25, 0.3) is 0 Å². The van der Waals surface area contributed by atoms with Gasteiger partial charge in [0.25, 0.3) is 0 Å². The van der Waals surface area contributed by atoms with Crippen LogP contribution < -0.4 is 0 Å². The Kier molecular flexibility index (Phi) is 5.67. The van der Waals surface area contributed by atoms with Crippen molar-refractivity contribution in [2.45, 2.75) is 67.2 Å². The molecule has 0 saturated carbocycles. The molecule has 0 spiro atoms. The molecule has 0 rings (SSSR count). The molecule has 0 nitrogen and oxygen atoms in total. The van der Waals surface area contributed by atoms with Crippen LogP contribution in [0.1, 0.15) is 67.2 Å². The first kappa shape index (κ1) is 13.0. The Labute approximate surface area is 85.1 Å². The van der Waals surface area contributed by atoms with Crippen molar-refractivity contribution in [1.82, 2.24) is 0 Å². The zero-order valence-electron chi connectivity index (χ0n) is 10.5. The van der Waals surface area contributed by atoms with E-state index < -0.39 is 0 Å². The number of hydrogen-bond acceptors (Lipinski definition) is 0. The third kappa shape index (κ3) is 5.33. The molecule has 13 heavy (non-hydrogen) atoms. The van der Waals surface area contributed by atoms with Gasteiger partial charge in [0.2, 0.25) is 0 Å². The van der Waals surface area contributed by atoms with E-state index in [1.807, 2.05) is 0 Å².